The Balaban J connectivity index is 1.58. The summed E-state index contributed by atoms with van der Waals surface area (Å²) in [6.07, 6.45) is 7.89. The zero-order valence-electron chi connectivity index (χ0n) is 18.0. The Hall–Kier alpha value is -3.36. The third-order valence-electron chi connectivity index (χ3n) is 6.59. The molecule has 0 aliphatic heterocycles. The molecule has 1 amide bonds. The molecule has 4 heterocycles. The quantitative estimate of drug-likeness (QED) is 0.499. The maximum atomic E-state index is 13.8. The number of imidazole rings is 1. The summed E-state index contributed by atoms with van der Waals surface area (Å²) in [6.45, 7) is 4.78. The van der Waals surface area contributed by atoms with Crippen molar-refractivity contribution in [3.8, 4) is 0 Å². The Morgan fingerprint density at radius 2 is 2.00 bits per heavy atom. The number of pyridine rings is 1. The third-order valence-corrected chi connectivity index (χ3v) is 6.59. The predicted molar refractivity (Wildman–Crippen MR) is 119 cm³/mol. The SMILES string of the molecule is CCn1c(C(=O)N(C2CC2)C2CC2)c(C)c2c3nc[nH]c3c(N(C)c3ccn[nH]3)nc21. The van der Waals surface area contributed by atoms with Gasteiger partial charge < -0.3 is 19.4 Å². The van der Waals surface area contributed by atoms with Gasteiger partial charge in [0.2, 0.25) is 0 Å². The van der Waals surface area contributed by atoms with E-state index in [1.165, 1.54) is 0 Å². The predicted octanol–water partition coefficient (Wildman–Crippen LogP) is 3.50. The molecule has 9 nitrogen and oxygen atoms in total. The van der Waals surface area contributed by atoms with Crippen LogP contribution < -0.4 is 4.90 Å². The highest BCUT2D eigenvalue weighted by Gasteiger charge is 2.43. The van der Waals surface area contributed by atoms with E-state index in [1.54, 1.807) is 12.5 Å². The summed E-state index contributed by atoms with van der Waals surface area (Å²) in [5, 5.41) is 8.01. The number of aromatic nitrogens is 6. The van der Waals surface area contributed by atoms with E-state index in [9.17, 15) is 4.79 Å². The highest BCUT2D eigenvalue weighted by atomic mass is 16.2. The van der Waals surface area contributed by atoms with E-state index in [-0.39, 0.29) is 5.91 Å². The number of H-pyrrole nitrogens is 2. The molecule has 2 saturated carbocycles. The summed E-state index contributed by atoms with van der Waals surface area (Å²) in [4.78, 5) is 30.8. The second kappa shape index (κ2) is 6.57. The van der Waals surface area contributed by atoms with Crippen molar-refractivity contribution in [3.63, 3.8) is 0 Å². The molecule has 6 rings (SSSR count). The van der Waals surface area contributed by atoms with E-state index in [0.717, 1.165) is 70.6 Å². The van der Waals surface area contributed by atoms with Crippen LogP contribution in [0.3, 0.4) is 0 Å². The van der Waals surface area contributed by atoms with Crippen molar-refractivity contribution in [3.05, 3.63) is 29.8 Å². The third kappa shape index (κ3) is 2.68. The largest absolute Gasteiger partial charge is 0.342 e. The van der Waals surface area contributed by atoms with Gasteiger partial charge in [-0.15, -0.1) is 0 Å². The Labute approximate surface area is 179 Å². The van der Waals surface area contributed by atoms with E-state index >= 15 is 0 Å². The topological polar surface area (TPSA) is 98.7 Å². The first-order valence-corrected chi connectivity index (χ1v) is 11.0. The van der Waals surface area contributed by atoms with Gasteiger partial charge in [-0.1, -0.05) is 0 Å². The highest BCUT2D eigenvalue weighted by Crippen LogP contribution is 2.41. The van der Waals surface area contributed by atoms with Crippen LogP contribution >= 0.6 is 0 Å². The van der Waals surface area contributed by atoms with E-state index in [0.29, 0.717) is 18.6 Å². The van der Waals surface area contributed by atoms with Crippen LogP contribution in [0.4, 0.5) is 11.6 Å². The summed E-state index contributed by atoms with van der Waals surface area (Å²) < 4.78 is 2.07. The first-order chi connectivity index (χ1) is 15.1. The van der Waals surface area contributed by atoms with Gasteiger partial charge in [-0.25, -0.2) is 9.97 Å². The molecule has 2 fully saturated rings. The van der Waals surface area contributed by atoms with Gasteiger partial charge in [0.1, 0.15) is 28.2 Å². The molecule has 9 heteroatoms. The van der Waals surface area contributed by atoms with Gasteiger partial charge in [0, 0.05) is 31.7 Å². The minimum atomic E-state index is 0.148. The molecule has 160 valence electrons. The number of aromatic amines is 2. The summed E-state index contributed by atoms with van der Waals surface area (Å²) in [5.41, 5.74) is 4.22. The van der Waals surface area contributed by atoms with Crippen LogP contribution in [0.15, 0.2) is 18.6 Å². The van der Waals surface area contributed by atoms with Crippen molar-refractivity contribution >= 4 is 39.6 Å². The number of nitrogens with one attached hydrogen (secondary N) is 2. The fourth-order valence-electron chi connectivity index (χ4n) is 4.77. The number of nitrogens with zero attached hydrogens (tertiary/aromatic N) is 6. The zero-order valence-corrected chi connectivity index (χ0v) is 18.0. The number of anilines is 2. The zero-order chi connectivity index (χ0) is 21.3. The first-order valence-electron chi connectivity index (χ1n) is 11.0. The Morgan fingerprint density at radius 3 is 2.61 bits per heavy atom. The number of carbonyl (C=O) groups is 1. The van der Waals surface area contributed by atoms with Gasteiger partial charge in [-0.3, -0.25) is 9.89 Å². The average molecular weight is 419 g/mol. The van der Waals surface area contributed by atoms with Crippen molar-refractivity contribution < 1.29 is 4.79 Å². The van der Waals surface area contributed by atoms with Crippen LogP contribution in [0.1, 0.15) is 48.7 Å². The van der Waals surface area contributed by atoms with Crippen LogP contribution in [-0.2, 0) is 6.54 Å². The van der Waals surface area contributed by atoms with Gasteiger partial charge in [0.05, 0.1) is 17.9 Å². The van der Waals surface area contributed by atoms with Crippen LogP contribution in [0, 0.1) is 6.92 Å². The van der Waals surface area contributed by atoms with Crippen LogP contribution in [0.25, 0.3) is 22.1 Å². The second-order valence-electron chi connectivity index (χ2n) is 8.65. The number of carbonyl (C=O) groups excluding carboxylic acids is 1. The molecule has 2 aliphatic carbocycles. The molecule has 0 radical (unpaired) electrons. The molecule has 0 bridgehead atoms. The molecule has 0 atom stereocenters. The van der Waals surface area contributed by atoms with Gasteiger partial charge in [0.25, 0.3) is 5.91 Å². The van der Waals surface area contributed by atoms with Gasteiger partial charge in [0.15, 0.2) is 5.82 Å². The number of rotatable bonds is 6. The summed E-state index contributed by atoms with van der Waals surface area (Å²) in [5.74, 6) is 1.73. The molecule has 0 aromatic carbocycles. The molecule has 2 aliphatic rings. The number of fused-ring (bicyclic) bond motifs is 3. The number of hydrogen-bond acceptors (Lipinski definition) is 5. The molecule has 0 spiro atoms. The molecule has 31 heavy (non-hydrogen) atoms. The maximum Gasteiger partial charge on any atom is 0.271 e. The van der Waals surface area contributed by atoms with Gasteiger partial charge >= 0.3 is 0 Å². The summed E-state index contributed by atoms with van der Waals surface area (Å²) >= 11 is 0. The highest BCUT2D eigenvalue weighted by molar-refractivity contribution is 6.12. The fourth-order valence-corrected chi connectivity index (χ4v) is 4.77. The average Bonchev–Trinajstić information content (AvgIpc) is 3.64. The van der Waals surface area contributed by atoms with Crippen molar-refractivity contribution in [1.82, 2.24) is 34.6 Å². The van der Waals surface area contributed by atoms with Crippen molar-refractivity contribution in [2.24, 2.45) is 0 Å². The molecule has 0 unspecified atom stereocenters. The lowest BCUT2D eigenvalue weighted by Gasteiger charge is -2.23. The lowest BCUT2D eigenvalue weighted by Crippen LogP contribution is -2.36. The summed E-state index contributed by atoms with van der Waals surface area (Å²) in [7, 11) is 1.95. The van der Waals surface area contributed by atoms with E-state index in [4.69, 9.17) is 4.98 Å². The van der Waals surface area contributed by atoms with Crippen molar-refractivity contribution in [2.45, 2.75) is 58.2 Å². The summed E-state index contributed by atoms with van der Waals surface area (Å²) in [6, 6.07) is 2.71. The molecular formula is C22H26N8O. The van der Waals surface area contributed by atoms with E-state index in [1.807, 2.05) is 24.9 Å². The number of amides is 1. The number of hydrogen-bond donors (Lipinski definition) is 2. The minimum absolute atomic E-state index is 0.148. The molecular weight excluding hydrogens is 392 g/mol. The monoisotopic (exact) mass is 418 g/mol. The normalized spacial score (nSPS) is 16.4. The standard InChI is InChI=1S/C22H26N8O/c1-4-29-19(22(31)30(13-5-6-13)14-7-8-14)12(2)16-17-18(24-11-23-17)21(26-20(16)29)28(3)15-9-10-25-27-15/h9-11,13-14H,4-8H2,1-3H3,(H,23,24)(H,25,27). The number of aryl methyl sites for hydroxylation is 2. The second-order valence-corrected chi connectivity index (χ2v) is 8.65. The van der Waals surface area contributed by atoms with E-state index in [2.05, 4.69) is 36.6 Å². The van der Waals surface area contributed by atoms with Crippen LogP contribution in [0.5, 0.6) is 0 Å². The van der Waals surface area contributed by atoms with Crippen molar-refractivity contribution in [2.75, 3.05) is 11.9 Å². The molecule has 0 saturated heterocycles. The smallest absolute Gasteiger partial charge is 0.271 e. The molecule has 4 aromatic rings. The van der Waals surface area contributed by atoms with Crippen LogP contribution in [0.2, 0.25) is 0 Å². The van der Waals surface area contributed by atoms with Gasteiger partial charge in [-0.05, 0) is 45.1 Å². The Morgan fingerprint density at radius 1 is 1.26 bits per heavy atom. The van der Waals surface area contributed by atoms with Crippen LogP contribution in [-0.4, -0.2) is 59.7 Å². The lowest BCUT2D eigenvalue weighted by molar-refractivity contribution is 0.0718. The lowest BCUT2D eigenvalue weighted by atomic mass is 10.1. The first kappa shape index (κ1) is 18.4. The molecule has 4 aromatic heterocycles. The van der Waals surface area contributed by atoms with Crippen molar-refractivity contribution in [1.29, 1.82) is 0 Å². The minimum Gasteiger partial charge on any atom is -0.342 e. The van der Waals surface area contributed by atoms with E-state index < -0.39 is 0 Å². The molecule has 2 N–H and O–H groups in total. The fraction of sp³-hybridized carbons (Fsp3) is 0.455. The Kier molecular flexibility index (Phi) is 3.90. The Bertz CT molecular complexity index is 1280. The van der Waals surface area contributed by atoms with Gasteiger partial charge in [-0.2, -0.15) is 5.10 Å². The maximum absolute atomic E-state index is 13.8.